The molecule has 0 radical (unpaired) electrons. The van der Waals surface area contributed by atoms with Gasteiger partial charge in [-0.05, 0) is 42.5 Å². The van der Waals surface area contributed by atoms with Crippen LogP contribution in [0, 0.1) is 5.82 Å². The van der Waals surface area contributed by atoms with Crippen molar-refractivity contribution < 1.29 is 19.1 Å². The fourth-order valence-corrected chi connectivity index (χ4v) is 3.61. The molecule has 1 saturated heterocycles. The van der Waals surface area contributed by atoms with Gasteiger partial charge in [-0.1, -0.05) is 5.21 Å². The number of likely N-dealkylation sites (tertiary alicyclic amines) is 1. The summed E-state index contributed by atoms with van der Waals surface area (Å²) in [6.45, 7) is 1.19. The maximum absolute atomic E-state index is 13.3. The quantitative estimate of drug-likeness (QED) is 0.730. The summed E-state index contributed by atoms with van der Waals surface area (Å²) in [5.74, 6) is -1.25. The van der Waals surface area contributed by atoms with Gasteiger partial charge in [0.05, 0.1) is 6.20 Å². The number of carbonyl (C=O) groups excluding carboxylic acids is 1. The fourth-order valence-electron chi connectivity index (χ4n) is 3.61. The van der Waals surface area contributed by atoms with E-state index >= 15 is 0 Å². The maximum atomic E-state index is 13.3. The first kappa shape index (κ1) is 17.2. The smallest absolute Gasteiger partial charge is 0.358 e. The number of fused-ring (bicyclic) bond motifs is 1. The summed E-state index contributed by atoms with van der Waals surface area (Å²) in [7, 11) is 0. The number of amides is 1. The van der Waals surface area contributed by atoms with Crippen LogP contribution in [-0.2, 0) is 11.3 Å². The first-order valence-corrected chi connectivity index (χ1v) is 8.69. The number of piperidine rings is 1. The lowest BCUT2D eigenvalue weighted by Gasteiger charge is -2.32. The van der Waals surface area contributed by atoms with E-state index < -0.39 is 5.97 Å². The molecule has 1 amide bonds. The Hall–Kier alpha value is -3.23. The Morgan fingerprint density at radius 2 is 2.07 bits per heavy atom. The Morgan fingerprint density at radius 1 is 1.30 bits per heavy atom. The molecular weight excluding hydrogens is 353 g/mol. The number of H-pyrrole nitrogens is 1. The molecular formula is C18H18FN5O3. The molecule has 27 heavy (non-hydrogen) atoms. The fraction of sp³-hybridized carbons (Fsp3) is 0.333. The molecule has 140 valence electrons. The minimum atomic E-state index is -1.17. The first-order chi connectivity index (χ1) is 13.0. The van der Waals surface area contributed by atoms with Crippen molar-refractivity contribution in [1.29, 1.82) is 0 Å². The molecule has 2 N–H and O–H groups in total. The van der Waals surface area contributed by atoms with Gasteiger partial charge in [0.1, 0.15) is 12.4 Å². The molecule has 1 aromatic carbocycles. The number of carbonyl (C=O) groups is 2. The number of aromatic amines is 1. The van der Waals surface area contributed by atoms with E-state index in [1.807, 2.05) is 6.20 Å². The van der Waals surface area contributed by atoms with Gasteiger partial charge in [-0.15, -0.1) is 5.10 Å². The molecule has 1 fully saturated rings. The minimum Gasteiger partial charge on any atom is -0.476 e. The zero-order valence-corrected chi connectivity index (χ0v) is 14.4. The first-order valence-electron chi connectivity index (χ1n) is 8.69. The molecule has 0 atom stereocenters. The van der Waals surface area contributed by atoms with Gasteiger partial charge in [0.2, 0.25) is 5.91 Å². The van der Waals surface area contributed by atoms with Gasteiger partial charge in [-0.2, -0.15) is 0 Å². The molecule has 3 aromatic rings. The lowest BCUT2D eigenvalue weighted by molar-refractivity contribution is -0.133. The van der Waals surface area contributed by atoms with Crippen LogP contribution >= 0.6 is 0 Å². The van der Waals surface area contributed by atoms with E-state index in [1.165, 1.54) is 23.0 Å². The van der Waals surface area contributed by atoms with Crippen LogP contribution in [0.15, 0.2) is 30.6 Å². The topological polar surface area (TPSA) is 104 Å². The average molecular weight is 371 g/mol. The van der Waals surface area contributed by atoms with Crippen molar-refractivity contribution >= 4 is 22.8 Å². The highest BCUT2D eigenvalue weighted by atomic mass is 19.1. The van der Waals surface area contributed by atoms with Gasteiger partial charge in [0.25, 0.3) is 0 Å². The molecule has 0 aliphatic carbocycles. The van der Waals surface area contributed by atoms with Gasteiger partial charge in [0, 0.05) is 30.2 Å². The van der Waals surface area contributed by atoms with Crippen LogP contribution in [0.4, 0.5) is 4.39 Å². The third kappa shape index (κ3) is 3.40. The zero-order chi connectivity index (χ0) is 19.0. The molecule has 1 aliphatic heterocycles. The molecule has 9 heteroatoms. The number of hydrogen-bond acceptors (Lipinski definition) is 4. The monoisotopic (exact) mass is 371 g/mol. The second-order valence-electron chi connectivity index (χ2n) is 6.70. The van der Waals surface area contributed by atoms with E-state index in [-0.39, 0.29) is 24.0 Å². The maximum Gasteiger partial charge on any atom is 0.358 e. The number of carboxylic acid groups (broad SMARTS) is 1. The lowest BCUT2D eigenvalue weighted by Crippen LogP contribution is -2.39. The molecule has 1 aliphatic rings. The molecule has 0 saturated carbocycles. The molecule has 0 bridgehead atoms. The second kappa shape index (κ2) is 6.82. The Kier molecular flexibility index (Phi) is 4.35. The summed E-state index contributed by atoms with van der Waals surface area (Å²) in [5, 5.41) is 17.1. The van der Waals surface area contributed by atoms with Crippen LogP contribution in [0.25, 0.3) is 10.9 Å². The molecule has 4 rings (SSSR count). The number of carboxylic acids is 1. The van der Waals surface area contributed by atoms with E-state index in [2.05, 4.69) is 15.3 Å². The van der Waals surface area contributed by atoms with Crippen molar-refractivity contribution in [2.24, 2.45) is 0 Å². The van der Waals surface area contributed by atoms with Gasteiger partial charge in [0.15, 0.2) is 5.69 Å². The highest BCUT2D eigenvalue weighted by Crippen LogP contribution is 2.33. The van der Waals surface area contributed by atoms with Crippen LogP contribution in [0.2, 0.25) is 0 Å². The molecule has 0 unspecified atom stereocenters. The van der Waals surface area contributed by atoms with Gasteiger partial charge in [-0.25, -0.2) is 13.9 Å². The van der Waals surface area contributed by atoms with Gasteiger partial charge < -0.3 is 15.0 Å². The summed E-state index contributed by atoms with van der Waals surface area (Å²) in [6.07, 6.45) is 4.80. The van der Waals surface area contributed by atoms with Crippen molar-refractivity contribution in [3.8, 4) is 0 Å². The molecule has 8 nitrogen and oxygen atoms in total. The van der Waals surface area contributed by atoms with E-state index in [0.717, 1.165) is 29.3 Å². The normalized spacial score (nSPS) is 15.4. The van der Waals surface area contributed by atoms with Crippen molar-refractivity contribution in [3.63, 3.8) is 0 Å². The number of hydrogen-bond donors (Lipinski definition) is 2. The van der Waals surface area contributed by atoms with Crippen molar-refractivity contribution in [3.05, 3.63) is 47.7 Å². The number of halogens is 1. The molecule has 3 heterocycles. The zero-order valence-electron chi connectivity index (χ0n) is 14.4. The lowest BCUT2D eigenvalue weighted by atomic mass is 9.89. The number of nitrogens with one attached hydrogen (secondary N) is 1. The van der Waals surface area contributed by atoms with Gasteiger partial charge in [-0.3, -0.25) is 4.79 Å². The predicted molar refractivity (Wildman–Crippen MR) is 93.8 cm³/mol. The Bertz CT molecular complexity index is 1000. The highest BCUT2D eigenvalue weighted by Gasteiger charge is 2.26. The number of nitrogens with zero attached hydrogens (tertiary/aromatic N) is 4. The number of benzene rings is 1. The summed E-state index contributed by atoms with van der Waals surface area (Å²) in [6, 6.07) is 4.74. The summed E-state index contributed by atoms with van der Waals surface area (Å²) in [5.41, 5.74) is 1.75. The Morgan fingerprint density at radius 3 is 2.78 bits per heavy atom. The van der Waals surface area contributed by atoms with Crippen molar-refractivity contribution in [1.82, 2.24) is 24.9 Å². The third-order valence-corrected chi connectivity index (χ3v) is 5.02. The minimum absolute atomic E-state index is 0.0304. The molecule has 2 aromatic heterocycles. The van der Waals surface area contributed by atoms with Crippen LogP contribution in [0.5, 0.6) is 0 Å². The van der Waals surface area contributed by atoms with E-state index in [9.17, 15) is 14.0 Å². The van der Waals surface area contributed by atoms with Crippen LogP contribution in [-0.4, -0.2) is 55.0 Å². The average Bonchev–Trinajstić information content (AvgIpc) is 3.28. The highest BCUT2D eigenvalue weighted by molar-refractivity contribution is 5.85. The summed E-state index contributed by atoms with van der Waals surface area (Å²) >= 11 is 0. The van der Waals surface area contributed by atoms with E-state index in [0.29, 0.717) is 19.0 Å². The predicted octanol–water partition coefficient (Wildman–Crippen LogP) is 2.00. The Labute approximate surface area is 153 Å². The van der Waals surface area contributed by atoms with E-state index in [1.54, 1.807) is 11.0 Å². The standard InChI is InChI=1S/C18H18FN5O3/c19-12-1-2-13-14(8-20-15(13)7-12)11-3-5-23(6-4-11)17(25)10-24-9-16(18(26)27)21-22-24/h1-2,7-9,11,20H,3-6,10H2,(H,26,27). The van der Waals surface area contributed by atoms with Gasteiger partial charge >= 0.3 is 5.97 Å². The van der Waals surface area contributed by atoms with Crippen molar-refractivity contribution in [2.75, 3.05) is 13.1 Å². The summed E-state index contributed by atoms with van der Waals surface area (Å²) < 4.78 is 14.6. The number of aromatic nitrogens is 4. The van der Waals surface area contributed by atoms with Crippen LogP contribution < -0.4 is 0 Å². The number of rotatable bonds is 4. The molecule has 0 spiro atoms. The largest absolute Gasteiger partial charge is 0.476 e. The van der Waals surface area contributed by atoms with Crippen LogP contribution in [0.3, 0.4) is 0 Å². The van der Waals surface area contributed by atoms with Crippen molar-refractivity contribution in [2.45, 2.75) is 25.3 Å². The summed E-state index contributed by atoms with van der Waals surface area (Å²) in [4.78, 5) is 28.1. The third-order valence-electron chi connectivity index (χ3n) is 5.02. The number of aromatic carboxylic acids is 1. The second-order valence-corrected chi connectivity index (χ2v) is 6.70. The Balaban J connectivity index is 1.39. The van der Waals surface area contributed by atoms with Crippen LogP contribution in [0.1, 0.15) is 34.8 Å². The van der Waals surface area contributed by atoms with E-state index in [4.69, 9.17) is 5.11 Å². The SMILES string of the molecule is O=C(O)c1cn(CC(=O)N2CCC(c3c[nH]c4cc(F)ccc34)CC2)nn1.